The summed E-state index contributed by atoms with van der Waals surface area (Å²) in [7, 11) is 0. The van der Waals surface area contributed by atoms with Crippen LogP contribution >= 0.6 is 34.4 Å². The van der Waals surface area contributed by atoms with Crippen molar-refractivity contribution in [1.82, 2.24) is 0 Å². The van der Waals surface area contributed by atoms with Crippen LogP contribution in [-0.2, 0) is 0 Å². The molecule has 1 saturated carbocycles. The molecule has 0 saturated heterocycles. The average Bonchev–Trinajstić information content (AvgIpc) is 2.81. The second-order valence-corrected chi connectivity index (χ2v) is 10.0. The quantitative estimate of drug-likeness (QED) is 0.281. The van der Waals surface area contributed by atoms with Gasteiger partial charge in [-0.2, -0.15) is 0 Å². The van der Waals surface area contributed by atoms with Gasteiger partial charge in [-0.3, -0.25) is 4.79 Å². The molecule has 0 spiro atoms. The van der Waals surface area contributed by atoms with Crippen molar-refractivity contribution in [2.75, 3.05) is 5.32 Å². The van der Waals surface area contributed by atoms with Gasteiger partial charge in [-0.1, -0.05) is 12.8 Å². The first-order chi connectivity index (χ1) is 13.6. The lowest BCUT2D eigenvalue weighted by Crippen LogP contribution is -2.26. The van der Waals surface area contributed by atoms with Crippen molar-refractivity contribution in [1.29, 1.82) is 0 Å². The van der Waals surface area contributed by atoms with Gasteiger partial charge in [-0.25, -0.2) is 13.2 Å². The Hall–Kier alpha value is -1.26. The lowest BCUT2D eigenvalue weighted by molar-refractivity contribution is 0.0457. The van der Waals surface area contributed by atoms with Crippen molar-refractivity contribution in [2.24, 2.45) is 0 Å². The normalized spacial score (nSPS) is 22.2. The van der Waals surface area contributed by atoms with Crippen molar-refractivity contribution in [3.05, 3.63) is 56.9 Å². The van der Waals surface area contributed by atoms with E-state index in [0.29, 0.717) is 12.0 Å². The van der Waals surface area contributed by atoms with Crippen LogP contribution in [0.25, 0.3) is 0 Å². The summed E-state index contributed by atoms with van der Waals surface area (Å²) in [6, 6.07) is 6.65. The van der Waals surface area contributed by atoms with E-state index in [1.807, 2.05) is 6.92 Å². The van der Waals surface area contributed by atoms with Crippen molar-refractivity contribution in [2.45, 2.75) is 54.8 Å². The number of rotatable bonds is 4. The standard InChI is InChI=1S/C21H21F3INO2S/c1-21(28)7-3-2-4-14(11-21)29-18-8-12(5-6-17(18)25)20(27)26-13-9-15(22)19(24)16(23)10-13/h5-6,8-10,14,28H,2-4,7,11H2,1H3,(H,26,27)/t14-,21+/m1/s1. The SMILES string of the molecule is C[C@]1(O)CCCC[C@@H](Sc2cc(C(=O)Nc3cc(F)c(F)c(F)c3)ccc2I)C1. The molecule has 8 heteroatoms. The van der Waals surface area contributed by atoms with Gasteiger partial charge in [-0.15, -0.1) is 11.8 Å². The Labute approximate surface area is 185 Å². The van der Waals surface area contributed by atoms with Gasteiger partial charge in [0.2, 0.25) is 0 Å². The fourth-order valence-electron chi connectivity index (χ4n) is 3.42. The highest BCUT2D eigenvalue weighted by Gasteiger charge is 2.29. The zero-order valence-corrected chi connectivity index (χ0v) is 18.7. The fourth-order valence-corrected chi connectivity index (χ4v) is 5.60. The number of hydrogen-bond acceptors (Lipinski definition) is 3. The highest BCUT2D eigenvalue weighted by Crippen LogP contribution is 2.38. The first-order valence-corrected chi connectivity index (χ1v) is 11.2. The third kappa shape index (κ3) is 5.88. The van der Waals surface area contributed by atoms with Crippen LogP contribution in [0.2, 0.25) is 0 Å². The zero-order chi connectivity index (χ0) is 21.2. The number of benzene rings is 2. The summed E-state index contributed by atoms with van der Waals surface area (Å²) in [6.07, 6.45) is 4.49. The van der Waals surface area contributed by atoms with Crippen LogP contribution in [0.15, 0.2) is 35.2 Å². The molecule has 0 aromatic heterocycles. The number of halogens is 4. The number of amides is 1. The molecule has 0 radical (unpaired) electrons. The summed E-state index contributed by atoms with van der Waals surface area (Å²) in [6.45, 7) is 1.86. The van der Waals surface area contributed by atoms with Crippen molar-refractivity contribution in [3.8, 4) is 0 Å². The number of carbonyl (C=O) groups excluding carboxylic acids is 1. The number of aliphatic hydroxyl groups is 1. The van der Waals surface area contributed by atoms with Crippen molar-refractivity contribution in [3.63, 3.8) is 0 Å². The predicted octanol–water partition coefficient (Wildman–Crippen LogP) is 6.14. The topological polar surface area (TPSA) is 49.3 Å². The van der Waals surface area contributed by atoms with Crippen molar-refractivity contribution >= 4 is 45.9 Å². The summed E-state index contributed by atoms with van der Waals surface area (Å²) < 4.78 is 40.8. The Bertz CT molecular complexity index is 900. The molecule has 2 aromatic carbocycles. The summed E-state index contributed by atoms with van der Waals surface area (Å²) in [5.74, 6) is -4.84. The molecule has 1 amide bonds. The molecule has 3 rings (SSSR count). The van der Waals surface area contributed by atoms with E-state index < -0.39 is 29.0 Å². The van der Waals surface area contributed by atoms with Gasteiger partial charge in [0.25, 0.3) is 5.91 Å². The third-order valence-electron chi connectivity index (χ3n) is 4.89. The molecule has 0 aliphatic heterocycles. The first kappa shape index (κ1) is 22.4. The van der Waals surface area contributed by atoms with E-state index >= 15 is 0 Å². The largest absolute Gasteiger partial charge is 0.390 e. The van der Waals surface area contributed by atoms with Crippen molar-refractivity contribution < 1.29 is 23.1 Å². The van der Waals surface area contributed by atoms with Crippen LogP contribution < -0.4 is 5.32 Å². The van der Waals surface area contributed by atoms with E-state index in [1.54, 1.807) is 30.0 Å². The Kier molecular flexibility index (Phi) is 7.16. The Morgan fingerprint density at radius 3 is 2.59 bits per heavy atom. The van der Waals surface area contributed by atoms with Gasteiger partial charge in [0, 0.05) is 37.1 Å². The molecular weight excluding hydrogens is 514 g/mol. The molecule has 29 heavy (non-hydrogen) atoms. The maximum atomic E-state index is 13.4. The van der Waals surface area contributed by atoms with E-state index in [2.05, 4.69) is 27.9 Å². The Balaban J connectivity index is 1.77. The zero-order valence-electron chi connectivity index (χ0n) is 15.8. The van der Waals surface area contributed by atoms with Gasteiger partial charge < -0.3 is 10.4 Å². The van der Waals surface area contributed by atoms with Gasteiger partial charge in [0.15, 0.2) is 17.5 Å². The minimum absolute atomic E-state index is 0.154. The summed E-state index contributed by atoms with van der Waals surface area (Å²) in [5, 5.41) is 13.1. The highest BCUT2D eigenvalue weighted by molar-refractivity contribution is 14.1. The first-order valence-electron chi connectivity index (χ1n) is 9.29. The summed E-state index contributed by atoms with van der Waals surface area (Å²) >= 11 is 3.83. The Morgan fingerprint density at radius 2 is 1.90 bits per heavy atom. The fraction of sp³-hybridized carbons (Fsp3) is 0.381. The van der Waals surface area contributed by atoms with Crippen LogP contribution in [0, 0.1) is 21.0 Å². The van der Waals surface area contributed by atoms with Gasteiger partial charge in [-0.05, 0) is 67.0 Å². The van der Waals surface area contributed by atoms with Crippen LogP contribution in [0.3, 0.4) is 0 Å². The molecule has 3 nitrogen and oxygen atoms in total. The maximum Gasteiger partial charge on any atom is 0.255 e. The molecular formula is C21H21F3INO2S. The van der Waals surface area contributed by atoms with Crippen LogP contribution in [0.5, 0.6) is 0 Å². The third-order valence-corrected chi connectivity index (χ3v) is 7.52. The number of carbonyl (C=O) groups is 1. The average molecular weight is 535 g/mol. The monoisotopic (exact) mass is 535 g/mol. The van der Waals surface area contributed by atoms with E-state index in [9.17, 15) is 23.1 Å². The van der Waals surface area contributed by atoms with Crippen LogP contribution in [0.1, 0.15) is 49.4 Å². The number of anilines is 1. The molecule has 0 unspecified atom stereocenters. The molecule has 2 atom stereocenters. The smallest absolute Gasteiger partial charge is 0.255 e. The maximum absolute atomic E-state index is 13.4. The molecule has 156 valence electrons. The van der Waals surface area contributed by atoms with Crippen LogP contribution in [-0.4, -0.2) is 21.9 Å². The second kappa shape index (κ2) is 9.26. The second-order valence-electron chi connectivity index (χ2n) is 7.54. The minimum Gasteiger partial charge on any atom is -0.390 e. The van der Waals surface area contributed by atoms with E-state index in [4.69, 9.17) is 0 Å². The minimum atomic E-state index is -1.57. The molecule has 1 aliphatic carbocycles. The summed E-state index contributed by atoms with van der Waals surface area (Å²) in [4.78, 5) is 13.4. The van der Waals surface area contributed by atoms with Gasteiger partial charge in [0.05, 0.1) is 5.60 Å². The number of nitrogens with one attached hydrogen (secondary N) is 1. The molecule has 2 aromatic rings. The van der Waals surface area contributed by atoms with E-state index in [-0.39, 0.29) is 10.9 Å². The van der Waals surface area contributed by atoms with Gasteiger partial charge in [0.1, 0.15) is 0 Å². The van der Waals surface area contributed by atoms with Gasteiger partial charge >= 0.3 is 0 Å². The number of hydrogen-bond donors (Lipinski definition) is 2. The van der Waals surface area contributed by atoms with Crippen LogP contribution in [0.4, 0.5) is 18.9 Å². The van der Waals surface area contributed by atoms with E-state index in [1.165, 1.54) is 0 Å². The highest BCUT2D eigenvalue weighted by atomic mass is 127. The molecule has 0 heterocycles. The lowest BCUT2D eigenvalue weighted by Gasteiger charge is -2.25. The molecule has 1 aliphatic rings. The lowest BCUT2D eigenvalue weighted by atomic mass is 9.97. The molecule has 2 N–H and O–H groups in total. The molecule has 0 bridgehead atoms. The van der Waals surface area contributed by atoms with E-state index in [0.717, 1.165) is 46.3 Å². The predicted molar refractivity (Wildman–Crippen MR) is 117 cm³/mol. The Morgan fingerprint density at radius 1 is 1.21 bits per heavy atom. The molecule has 1 fully saturated rings. The number of thioether (sulfide) groups is 1. The summed E-state index contributed by atoms with van der Waals surface area (Å²) in [5.41, 5.74) is -0.511.